The standard InChI is InChI=1S/C23H26N4O2S/c1-16-8-12-19(13-9-16)25-22(29)23-27-26-21(30-23)15-14-20(28)24-17(2)10-11-18-6-4-3-5-7-18/h3-9,12-13,17H,10-11,14-15H2,1-2H3,(H,24,28)(H,25,29)/t17-/m1/s1. The largest absolute Gasteiger partial charge is 0.354 e. The average molecular weight is 423 g/mol. The van der Waals surface area contributed by atoms with Crippen LogP contribution in [0.15, 0.2) is 54.6 Å². The first-order valence-corrected chi connectivity index (χ1v) is 10.8. The number of hydrogen-bond acceptors (Lipinski definition) is 5. The molecule has 3 rings (SSSR count). The highest BCUT2D eigenvalue weighted by Crippen LogP contribution is 2.15. The Hall–Kier alpha value is -3.06. The maximum atomic E-state index is 12.3. The van der Waals surface area contributed by atoms with E-state index in [2.05, 4.69) is 33.0 Å². The Balaban J connectivity index is 1.41. The van der Waals surface area contributed by atoms with Crippen LogP contribution in [-0.4, -0.2) is 28.1 Å². The molecule has 0 aliphatic carbocycles. The van der Waals surface area contributed by atoms with E-state index in [9.17, 15) is 9.59 Å². The molecule has 0 aliphatic rings. The lowest BCUT2D eigenvalue weighted by atomic mass is 10.1. The van der Waals surface area contributed by atoms with Crippen LogP contribution in [0.25, 0.3) is 0 Å². The molecule has 0 aliphatic heterocycles. The average Bonchev–Trinajstić information content (AvgIpc) is 3.22. The molecule has 0 spiro atoms. The number of rotatable bonds is 9. The van der Waals surface area contributed by atoms with Gasteiger partial charge in [-0.15, -0.1) is 10.2 Å². The lowest BCUT2D eigenvalue weighted by Crippen LogP contribution is -2.33. The minimum Gasteiger partial charge on any atom is -0.354 e. The predicted octanol–water partition coefficient (Wildman–Crippen LogP) is 4.17. The van der Waals surface area contributed by atoms with Crippen LogP contribution in [0.5, 0.6) is 0 Å². The summed E-state index contributed by atoms with van der Waals surface area (Å²) in [7, 11) is 0. The van der Waals surface area contributed by atoms with Crippen molar-refractivity contribution in [2.75, 3.05) is 5.32 Å². The van der Waals surface area contributed by atoms with Crippen LogP contribution in [0.2, 0.25) is 0 Å². The van der Waals surface area contributed by atoms with Crippen LogP contribution < -0.4 is 10.6 Å². The number of hydrogen-bond donors (Lipinski definition) is 2. The van der Waals surface area contributed by atoms with E-state index in [4.69, 9.17) is 0 Å². The smallest absolute Gasteiger partial charge is 0.286 e. The highest BCUT2D eigenvalue weighted by molar-refractivity contribution is 7.13. The highest BCUT2D eigenvalue weighted by atomic mass is 32.1. The molecule has 2 aromatic carbocycles. The molecule has 1 aromatic heterocycles. The van der Waals surface area contributed by atoms with Crippen molar-refractivity contribution in [1.82, 2.24) is 15.5 Å². The summed E-state index contributed by atoms with van der Waals surface area (Å²) < 4.78 is 0. The Bertz CT molecular complexity index is 970. The van der Waals surface area contributed by atoms with Crippen molar-refractivity contribution in [2.24, 2.45) is 0 Å². The molecule has 7 heteroatoms. The van der Waals surface area contributed by atoms with Crippen LogP contribution in [0.3, 0.4) is 0 Å². The maximum absolute atomic E-state index is 12.3. The molecule has 0 radical (unpaired) electrons. The number of nitrogens with zero attached hydrogens (tertiary/aromatic N) is 2. The molecule has 1 heterocycles. The number of anilines is 1. The molecule has 0 saturated heterocycles. The lowest BCUT2D eigenvalue weighted by molar-refractivity contribution is -0.121. The molecule has 0 bridgehead atoms. The fourth-order valence-electron chi connectivity index (χ4n) is 2.94. The fourth-order valence-corrected chi connectivity index (χ4v) is 3.67. The summed E-state index contributed by atoms with van der Waals surface area (Å²) in [6, 6.07) is 17.9. The Morgan fingerprint density at radius 1 is 1.00 bits per heavy atom. The fraction of sp³-hybridized carbons (Fsp3) is 0.304. The van der Waals surface area contributed by atoms with E-state index in [1.165, 1.54) is 16.9 Å². The number of aromatic nitrogens is 2. The van der Waals surface area contributed by atoms with Crippen molar-refractivity contribution in [3.05, 3.63) is 75.7 Å². The van der Waals surface area contributed by atoms with Gasteiger partial charge in [-0.25, -0.2) is 0 Å². The Morgan fingerprint density at radius 3 is 2.47 bits per heavy atom. The van der Waals surface area contributed by atoms with E-state index in [-0.39, 0.29) is 17.9 Å². The molecule has 0 unspecified atom stereocenters. The van der Waals surface area contributed by atoms with Gasteiger partial charge < -0.3 is 10.6 Å². The number of amides is 2. The summed E-state index contributed by atoms with van der Waals surface area (Å²) in [5, 5.41) is 14.8. The van der Waals surface area contributed by atoms with Gasteiger partial charge in [-0.3, -0.25) is 9.59 Å². The Labute approximate surface area is 180 Å². The summed E-state index contributed by atoms with van der Waals surface area (Å²) in [5.74, 6) is -0.307. The molecular formula is C23H26N4O2S. The first-order valence-electron chi connectivity index (χ1n) is 10.0. The van der Waals surface area contributed by atoms with Crippen LogP contribution in [0, 0.1) is 6.92 Å². The molecule has 3 aromatic rings. The molecule has 0 fully saturated rings. The zero-order valence-corrected chi connectivity index (χ0v) is 18.0. The third-order valence-corrected chi connectivity index (χ3v) is 5.63. The minimum absolute atomic E-state index is 0.0172. The van der Waals surface area contributed by atoms with Crippen LogP contribution in [0.4, 0.5) is 5.69 Å². The van der Waals surface area contributed by atoms with Gasteiger partial charge in [0.25, 0.3) is 5.91 Å². The quantitative estimate of drug-likeness (QED) is 0.542. The van der Waals surface area contributed by atoms with Crippen molar-refractivity contribution < 1.29 is 9.59 Å². The van der Waals surface area contributed by atoms with E-state index < -0.39 is 0 Å². The van der Waals surface area contributed by atoms with Gasteiger partial charge in [0.05, 0.1) is 0 Å². The van der Waals surface area contributed by atoms with Crippen LogP contribution in [0.1, 0.15) is 45.7 Å². The maximum Gasteiger partial charge on any atom is 0.286 e. The third kappa shape index (κ3) is 6.77. The first kappa shape index (κ1) is 21.6. The first-order chi connectivity index (χ1) is 14.5. The van der Waals surface area contributed by atoms with Crippen molar-refractivity contribution in [3.63, 3.8) is 0 Å². The molecule has 6 nitrogen and oxygen atoms in total. The third-order valence-electron chi connectivity index (χ3n) is 4.65. The second-order valence-corrected chi connectivity index (χ2v) is 8.38. The summed E-state index contributed by atoms with van der Waals surface area (Å²) in [6.07, 6.45) is 2.60. The van der Waals surface area contributed by atoms with Gasteiger partial charge in [-0.1, -0.05) is 59.4 Å². The molecular weight excluding hydrogens is 396 g/mol. The van der Waals surface area contributed by atoms with E-state index in [1.54, 1.807) is 0 Å². The Morgan fingerprint density at radius 2 is 1.73 bits per heavy atom. The monoisotopic (exact) mass is 422 g/mol. The Kier molecular flexibility index (Phi) is 7.68. The van der Waals surface area contributed by atoms with Gasteiger partial charge in [0.1, 0.15) is 5.01 Å². The molecule has 2 amide bonds. The SMILES string of the molecule is Cc1ccc(NC(=O)c2nnc(CCC(=O)N[C@H](C)CCc3ccccc3)s2)cc1. The summed E-state index contributed by atoms with van der Waals surface area (Å²) in [6.45, 7) is 4.00. The van der Waals surface area contributed by atoms with Crippen molar-refractivity contribution >= 4 is 28.8 Å². The minimum atomic E-state index is -0.290. The van der Waals surface area contributed by atoms with Gasteiger partial charge >= 0.3 is 0 Å². The zero-order valence-electron chi connectivity index (χ0n) is 17.2. The van der Waals surface area contributed by atoms with Gasteiger partial charge in [0, 0.05) is 24.6 Å². The molecule has 1 atom stereocenters. The van der Waals surface area contributed by atoms with Crippen molar-refractivity contribution in [1.29, 1.82) is 0 Å². The summed E-state index contributed by atoms with van der Waals surface area (Å²) >= 11 is 1.22. The molecule has 2 N–H and O–H groups in total. The normalized spacial score (nSPS) is 11.7. The number of carbonyl (C=O) groups is 2. The number of benzene rings is 2. The molecule has 156 valence electrons. The van der Waals surface area contributed by atoms with E-state index in [0.717, 1.165) is 18.4 Å². The van der Waals surface area contributed by atoms with Gasteiger partial charge in [0.2, 0.25) is 10.9 Å². The topological polar surface area (TPSA) is 84.0 Å². The second kappa shape index (κ2) is 10.6. The molecule has 30 heavy (non-hydrogen) atoms. The predicted molar refractivity (Wildman–Crippen MR) is 120 cm³/mol. The lowest BCUT2D eigenvalue weighted by Gasteiger charge is -2.13. The number of aryl methyl sites for hydroxylation is 3. The van der Waals surface area contributed by atoms with Crippen molar-refractivity contribution in [3.8, 4) is 0 Å². The highest BCUT2D eigenvalue weighted by Gasteiger charge is 2.15. The second-order valence-electron chi connectivity index (χ2n) is 7.31. The van der Waals surface area contributed by atoms with Gasteiger partial charge in [0.15, 0.2) is 0 Å². The van der Waals surface area contributed by atoms with Gasteiger partial charge in [-0.05, 0) is 44.4 Å². The van der Waals surface area contributed by atoms with Gasteiger partial charge in [-0.2, -0.15) is 0 Å². The summed E-state index contributed by atoms with van der Waals surface area (Å²) in [4.78, 5) is 24.5. The van der Waals surface area contributed by atoms with E-state index in [0.29, 0.717) is 28.5 Å². The van der Waals surface area contributed by atoms with Crippen molar-refractivity contribution in [2.45, 2.75) is 45.6 Å². The van der Waals surface area contributed by atoms with E-state index in [1.807, 2.05) is 56.3 Å². The number of carbonyl (C=O) groups excluding carboxylic acids is 2. The van der Waals surface area contributed by atoms with Crippen LogP contribution >= 0.6 is 11.3 Å². The van der Waals surface area contributed by atoms with E-state index >= 15 is 0 Å². The van der Waals surface area contributed by atoms with Crippen LogP contribution in [-0.2, 0) is 17.6 Å². The molecule has 0 saturated carbocycles. The zero-order chi connectivity index (χ0) is 21.3. The number of nitrogens with one attached hydrogen (secondary N) is 2. The summed E-state index contributed by atoms with van der Waals surface area (Å²) in [5.41, 5.74) is 3.11.